The predicted molar refractivity (Wildman–Crippen MR) is 14.8 cm³/mol. The van der Waals surface area contributed by atoms with Crippen LogP contribution in [0.25, 0.3) is 0 Å². The molecule has 0 aromatic rings. The molecule has 5 heteroatoms. The molecule has 0 heterocycles. The van der Waals surface area contributed by atoms with E-state index in [0.29, 0.717) is 0 Å². The van der Waals surface area contributed by atoms with Gasteiger partial charge in [0.25, 0.3) is 0 Å². The summed E-state index contributed by atoms with van der Waals surface area (Å²) in [6.07, 6.45) is 0. The minimum Gasteiger partial charge on any atom is -0.813 e. The van der Waals surface area contributed by atoms with E-state index in [-0.39, 0.29) is 45.5 Å². The molecule has 0 radical (unpaired) electrons. The van der Waals surface area contributed by atoms with E-state index in [1.807, 2.05) is 0 Å². The SMILES string of the molecule is O=[PH]([O-])[O-].[Sr+2]. The first kappa shape index (κ1) is 9.80. The number of hydrogen-bond donors (Lipinski definition) is 0. The molecule has 26 valence electrons. The second kappa shape index (κ2) is 5.63. The van der Waals surface area contributed by atoms with Gasteiger partial charge in [0, 0.05) is 0 Å². The Labute approximate surface area is 67.2 Å². The average molecular weight is 168 g/mol. The van der Waals surface area contributed by atoms with Crippen LogP contribution in [0.15, 0.2) is 0 Å². The zero-order chi connectivity index (χ0) is 3.58. The third kappa shape index (κ3) is 27.9. The maximum Gasteiger partial charge on any atom is 2.00 e. The van der Waals surface area contributed by atoms with Crippen molar-refractivity contribution in [2.45, 2.75) is 0 Å². The fourth-order valence-electron chi connectivity index (χ4n) is 0. The van der Waals surface area contributed by atoms with Gasteiger partial charge in [0.15, 0.2) is 0 Å². The van der Waals surface area contributed by atoms with E-state index in [9.17, 15) is 0 Å². The van der Waals surface area contributed by atoms with Crippen molar-refractivity contribution >= 4 is 53.7 Å². The fourth-order valence-corrected chi connectivity index (χ4v) is 0. The number of rotatable bonds is 0. The molecule has 0 saturated carbocycles. The molecule has 0 unspecified atom stereocenters. The molecule has 0 N–H and O–H groups in total. The normalized spacial score (nSPS) is 7.00. The third-order valence-electron chi connectivity index (χ3n) is 0. The van der Waals surface area contributed by atoms with Crippen LogP contribution in [0.2, 0.25) is 0 Å². The molecule has 0 aliphatic heterocycles. The van der Waals surface area contributed by atoms with E-state index in [2.05, 4.69) is 0 Å². The van der Waals surface area contributed by atoms with Gasteiger partial charge >= 0.3 is 45.5 Å². The van der Waals surface area contributed by atoms with Crippen molar-refractivity contribution in [1.29, 1.82) is 0 Å². The van der Waals surface area contributed by atoms with Crippen molar-refractivity contribution in [1.82, 2.24) is 0 Å². The van der Waals surface area contributed by atoms with Crippen LogP contribution in [0.5, 0.6) is 0 Å². The van der Waals surface area contributed by atoms with Gasteiger partial charge in [0.1, 0.15) is 0 Å². The van der Waals surface area contributed by atoms with Gasteiger partial charge in [-0.1, -0.05) is 8.25 Å². The first-order valence-electron chi connectivity index (χ1n) is 0.612. The fraction of sp³-hybridized carbons (Fsp3) is 0. The topological polar surface area (TPSA) is 63.2 Å². The Morgan fingerprint density at radius 3 is 1.40 bits per heavy atom. The predicted octanol–water partition coefficient (Wildman–Crippen LogP) is -2.28. The van der Waals surface area contributed by atoms with Gasteiger partial charge < -0.3 is 14.4 Å². The molecular weight excluding hydrogens is 167 g/mol. The van der Waals surface area contributed by atoms with Gasteiger partial charge in [-0.25, -0.2) is 0 Å². The van der Waals surface area contributed by atoms with E-state index < -0.39 is 8.25 Å². The Bertz CT molecular complexity index is 29.9. The van der Waals surface area contributed by atoms with Crippen LogP contribution < -0.4 is 9.79 Å². The standard InChI is InChI=1S/H3O3P.Sr/c1-4(2)3;/h4H,(H2,1,2,3);/q;+2/p-2. The zero-order valence-corrected chi connectivity index (χ0v) is 6.91. The Morgan fingerprint density at radius 1 is 1.40 bits per heavy atom. The smallest absolute Gasteiger partial charge is 0.813 e. The summed E-state index contributed by atoms with van der Waals surface area (Å²) < 4.78 is 8.52. The van der Waals surface area contributed by atoms with Gasteiger partial charge in [0.2, 0.25) is 0 Å². The molecule has 3 nitrogen and oxygen atoms in total. The van der Waals surface area contributed by atoms with Crippen LogP contribution in [0.3, 0.4) is 0 Å². The van der Waals surface area contributed by atoms with Crippen LogP contribution >= 0.6 is 8.25 Å². The second-order valence-corrected chi connectivity index (χ2v) is 0.750. The average Bonchev–Trinajstić information content (AvgIpc) is 0.811. The van der Waals surface area contributed by atoms with Gasteiger partial charge in [-0.3, -0.25) is 0 Å². The largest absolute Gasteiger partial charge is 2.00 e. The van der Waals surface area contributed by atoms with Crippen LogP contribution in [-0.4, -0.2) is 45.5 Å². The van der Waals surface area contributed by atoms with E-state index >= 15 is 0 Å². The molecule has 0 aliphatic carbocycles. The Hall–Kier alpha value is 1.63. The van der Waals surface area contributed by atoms with Crippen LogP contribution in [0, 0.1) is 0 Å². The molecule has 0 aromatic carbocycles. The summed E-state index contributed by atoms with van der Waals surface area (Å²) in [4.78, 5) is 17.0. The summed E-state index contributed by atoms with van der Waals surface area (Å²) in [5.74, 6) is 0. The van der Waals surface area contributed by atoms with Crippen LogP contribution in [0.4, 0.5) is 0 Å². The Balaban J connectivity index is 0. The van der Waals surface area contributed by atoms with Crippen molar-refractivity contribution in [3.63, 3.8) is 0 Å². The second-order valence-electron chi connectivity index (χ2n) is 0.250. The first-order chi connectivity index (χ1) is 1.73. The monoisotopic (exact) mass is 168 g/mol. The van der Waals surface area contributed by atoms with E-state index in [1.165, 1.54) is 0 Å². The van der Waals surface area contributed by atoms with Crippen molar-refractivity contribution in [3.8, 4) is 0 Å². The molecule has 0 fully saturated rings. The van der Waals surface area contributed by atoms with Gasteiger partial charge in [0.05, 0.1) is 0 Å². The Kier molecular flexibility index (Phi) is 11.0. The number of hydrogen-bond acceptors (Lipinski definition) is 3. The molecule has 0 aliphatic rings. The summed E-state index contributed by atoms with van der Waals surface area (Å²) in [6.45, 7) is 0. The molecule has 5 heavy (non-hydrogen) atoms. The maximum absolute atomic E-state index is 8.52. The summed E-state index contributed by atoms with van der Waals surface area (Å²) in [7, 11) is -3.63. The molecular formula is HO3PSr. The molecule has 0 aromatic heterocycles. The Morgan fingerprint density at radius 2 is 1.40 bits per heavy atom. The van der Waals surface area contributed by atoms with Gasteiger partial charge in [-0.15, -0.1) is 0 Å². The molecule has 0 bridgehead atoms. The summed E-state index contributed by atoms with van der Waals surface area (Å²) >= 11 is 0. The minimum atomic E-state index is -3.63. The van der Waals surface area contributed by atoms with Crippen LogP contribution in [0.1, 0.15) is 0 Å². The molecule has 0 spiro atoms. The third-order valence-corrected chi connectivity index (χ3v) is 0. The van der Waals surface area contributed by atoms with Gasteiger partial charge in [-0.2, -0.15) is 0 Å². The van der Waals surface area contributed by atoms with E-state index in [4.69, 9.17) is 14.4 Å². The van der Waals surface area contributed by atoms with Crippen molar-refractivity contribution in [2.24, 2.45) is 0 Å². The summed E-state index contributed by atoms with van der Waals surface area (Å²) in [5, 5.41) is 0. The van der Waals surface area contributed by atoms with Gasteiger partial charge in [-0.05, 0) is 0 Å². The van der Waals surface area contributed by atoms with E-state index in [0.717, 1.165) is 0 Å². The quantitative estimate of drug-likeness (QED) is 0.302. The summed E-state index contributed by atoms with van der Waals surface area (Å²) in [5.41, 5.74) is 0. The van der Waals surface area contributed by atoms with Crippen molar-refractivity contribution in [2.75, 3.05) is 0 Å². The zero-order valence-electron chi connectivity index (χ0n) is 2.43. The first-order valence-corrected chi connectivity index (χ1v) is 1.84. The molecule has 0 amide bonds. The molecule has 0 atom stereocenters. The summed E-state index contributed by atoms with van der Waals surface area (Å²) in [6, 6.07) is 0. The van der Waals surface area contributed by atoms with Crippen molar-refractivity contribution < 1.29 is 14.4 Å². The maximum atomic E-state index is 8.52. The van der Waals surface area contributed by atoms with Crippen molar-refractivity contribution in [3.05, 3.63) is 0 Å². The molecule has 0 saturated heterocycles. The molecule has 0 rings (SSSR count). The van der Waals surface area contributed by atoms with E-state index in [1.54, 1.807) is 0 Å². The van der Waals surface area contributed by atoms with Crippen LogP contribution in [-0.2, 0) is 4.57 Å². The minimum absolute atomic E-state index is 0.